The molecule has 0 spiro atoms. The maximum Gasteiger partial charge on any atom is 0.229 e. The van der Waals surface area contributed by atoms with Crippen LogP contribution in [0.15, 0.2) is 36.4 Å². The van der Waals surface area contributed by atoms with E-state index in [4.69, 9.17) is 0 Å². The van der Waals surface area contributed by atoms with Gasteiger partial charge in [0, 0.05) is 30.5 Å². The van der Waals surface area contributed by atoms with Gasteiger partial charge in [0.15, 0.2) is 0 Å². The van der Waals surface area contributed by atoms with Gasteiger partial charge in [-0.15, -0.1) is 0 Å². The fourth-order valence-electron chi connectivity index (χ4n) is 2.37. The van der Waals surface area contributed by atoms with Crippen LogP contribution in [0.2, 0.25) is 0 Å². The van der Waals surface area contributed by atoms with Gasteiger partial charge in [0.25, 0.3) is 0 Å². The average molecular weight is 254 g/mol. The summed E-state index contributed by atoms with van der Waals surface area (Å²) in [5.41, 5.74) is 2.01. The quantitative estimate of drug-likeness (QED) is 0.913. The smallest absolute Gasteiger partial charge is 0.229 e. The van der Waals surface area contributed by atoms with Crippen molar-refractivity contribution in [1.29, 1.82) is 0 Å². The number of aromatic nitrogens is 2. The summed E-state index contributed by atoms with van der Waals surface area (Å²) >= 11 is 0. The molecular weight excluding hydrogens is 236 g/mol. The van der Waals surface area contributed by atoms with Crippen molar-refractivity contribution >= 4 is 17.5 Å². The van der Waals surface area contributed by atoms with Crippen molar-refractivity contribution in [2.24, 2.45) is 0 Å². The Morgan fingerprint density at radius 3 is 2.53 bits per heavy atom. The van der Waals surface area contributed by atoms with Crippen LogP contribution in [-0.4, -0.2) is 23.1 Å². The molecule has 4 nitrogen and oxygen atoms in total. The molecule has 1 aliphatic heterocycles. The molecule has 0 saturated carbocycles. The topological polar surface area (TPSA) is 41.1 Å². The van der Waals surface area contributed by atoms with E-state index in [9.17, 15) is 0 Å². The van der Waals surface area contributed by atoms with E-state index >= 15 is 0 Å². The van der Waals surface area contributed by atoms with Gasteiger partial charge in [-0.1, -0.05) is 18.2 Å². The summed E-state index contributed by atoms with van der Waals surface area (Å²) < 4.78 is 0. The molecule has 4 heteroatoms. The summed E-state index contributed by atoms with van der Waals surface area (Å²) in [5.74, 6) is 1.71. The third-order valence-corrected chi connectivity index (χ3v) is 3.30. The summed E-state index contributed by atoms with van der Waals surface area (Å²) in [7, 11) is 0. The number of aryl methyl sites for hydroxylation is 1. The highest BCUT2D eigenvalue weighted by Gasteiger charge is 2.15. The first-order chi connectivity index (χ1) is 9.31. The third kappa shape index (κ3) is 2.84. The molecule has 1 fully saturated rings. The molecule has 0 aliphatic carbocycles. The van der Waals surface area contributed by atoms with Crippen LogP contribution < -0.4 is 10.2 Å². The highest BCUT2D eigenvalue weighted by molar-refractivity contribution is 5.55. The molecule has 0 atom stereocenters. The van der Waals surface area contributed by atoms with Crippen molar-refractivity contribution in [2.75, 3.05) is 23.3 Å². The lowest BCUT2D eigenvalue weighted by Crippen LogP contribution is -2.19. The number of rotatable bonds is 3. The Labute approximate surface area is 113 Å². The standard InChI is InChI=1S/C15H18N4/c1-12-11-14(19-9-5-6-10-19)18-15(16-12)17-13-7-3-2-4-8-13/h2-4,7-8,11H,5-6,9-10H2,1H3,(H,16,17,18). The van der Waals surface area contributed by atoms with Gasteiger partial charge < -0.3 is 10.2 Å². The van der Waals surface area contributed by atoms with Gasteiger partial charge in [-0.3, -0.25) is 0 Å². The number of nitrogens with zero attached hydrogens (tertiary/aromatic N) is 3. The lowest BCUT2D eigenvalue weighted by molar-refractivity contribution is 0.923. The molecule has 2 aromatic rings. The van der Waals surface area contributed by atoms with Gasteiger partial charge in [-0.05, 0) is 31.9 Å². The SMILES string of the molecule is Cc1cc(N2CCCC2)nc(Nc2ccccc2)n1. The minimum Gasteiger partial charge on any atom is -0.356 e. The normalized spacial score (nSPS) is 14.7. The zero-order valence-corrected chi connectivity index (χ0v) is 11.1. The molecule has 19 heavy (non-hydrogen) atoms. The number of para-hydroxylation sites is 1. The van der Waals surface area contributed by atoms with Crippen molar-refractivity contribution < 1.29 is 0 Å². The molecule has 1 saturated heterocycles. The Hall–Kier alpha value is -2.10. The highest BCUT2D eigenvalue weighted by Crippen LogP contribution is 2.21. The van der Waals surface area contributed by atoms with E-state index in [0.717, 1.165) is 30.3 Å². The van der Waals surface area contributed by atoms with Crippen molar-refractivity contribution in [3.05, 3.63) is 42.1 Å². The minimum atomic E-state index is 0.674. The molecule has 1 N–H and O–H groups in total. The van der Waals surface area contributed by atoms with Gasteiger partial charge in [0.2, 0.25) is 5.95 Å². The van der Waals surface area contributed by atoms with Gasteiger partial charge in [-0.2, -0.15) is 4.98 Å². The highest BCUT2D eigenvalue weighted by atomic mass is 15.2. The van der Waals surface area contributed by atoms with Crippen LogP contribution in [0, 0.1) is 6.92 Å². The van der Waals surface area contributed by atoms with E-state index in [-0.39, 0.29) is 0 Å². The van der Waals surface area contributed by atoms with E-state index < -0.39 is 0 Å². The lowest BCUT2D eigenvalue weighted by Gasteiger charge is -2.17. The first-order valence-corrected chi connectivity index (χ1v) is 6.74. The second-order valence-electron chi connectivity index (χ2n) is 4.88. The maximum absolute atomic E-state index is 4.61. The number of hydrogen-bond donors (Lipinski definition) is 1. The number of hydrogen-bond acceptors (Lipinski definition) is 4. The van der Waals surface area contributed by atoms with Gasteiger partial charge >= 0.3 is 0 Å². The second-order valence-corrected chi connectivity index (χ2v) is 4.88. The fourth-order valence-corrected chi connectivity index (χ4v) is 2.37. The molecule has 1 aromatic heterocycles. The molecule has 0 bridgehead atoms. The fraction of sp³-hybridized carbons (Fsp3) is 0.333. The van der Waals surface area contributed by atoms with Gasteiger partial charge in [-0.25, -0.2) is 4.98 Å². The summed E-state index contributed by atoms with van der Waals surface area (Å²) in [6, 6.07) is 12.1. The molecule has 3 rings (SSSR count). The minimum absolute atomic E-state index is 0.674. The Morgan fingerprint density at radius 2 is 1.79 bits per heavy atom. The van der Waals surface area contributed by atoms with Crippen LogP contribution >= 0.6 is 0 Å². The number of anilines is 3. The Balaban J connectivity index is 1.85. The average Bonchev–Trinajstić information content (AvgIpc) is 2.93. The van der Waals surface area contributed by atoms with Crippen LogP contribution in [0.4, 0.5) is 17.5 Å². The van der Waals surface area contributed by atoms with Crippen LogP contribution in [0.5, 0.6) is 0 Å². The number of nitrogens with one attached hydrogen (secondary N) is 1. The van der Waals surface area contributed by atoms with Crippen molar-refractivity contribution in [3.8, 4) is 0 Å². The van der Waals surface area contributed by atoms with Crippen LogP contribution in [-0.2, 0) is 0 Å². The van der Waals surface area contributed by atoms with E-state index in [1.807, 2.05) is 37.3 Å². The molecule has 0 amide bonds. The first kappa shape index (κ1) is 12.0. The van der Waals surface area contributed by atoms with E-state index in [2.05, 4.69) is 26.3 Å². The summed E-state index contributed by atoms with van der Waals surface area (Å²) in [6.07, 6.45) is 2.51. The Morgan fingerprint density at radius 1 is 1.05 bits per heavy atom. The van der Waals surface area contributed by atoms with Crippen LogP contribution in [0.25, 0.3) is 0 Å². The summed E-state index contributed by atoms with van der Waals surface area (Å²) in [4.78, 5) is 11.4. The third-order valence-electron chi connectivity index (χ3n) is 3.30. The Kier molecular flexibility index (Phi) is 3.31. The van der Waals surface area contributed by atoms with Crippen molar-refractivity contribution in [3.63, 3.8) is 0 Å². The summed E-state index contributed by atoms with van der Waals surface area (Å²) in [6.45, 7) is 4.21. The first-order valence-electron chi connectivity index (χ1n) is 6.74. The van der Waals surface area contributed by atoms with Crippen molar-refractivity contribution in [2.45, 2.75) is 19.8 Å². The number of benzene rings is 1. The molecule has 0 radical (unpaired) electrons. The predicted octanol–water partition coefficient (Wildman–Crippen LogP) is 3.13. The predicted molar refractivity (Wildman–Crippen MR) is 77.9 cm³/mol. The molecule has 2 heterocycles. The van der Waals surface area contributed by atoms with Gasteiger partial charge in [0.05, 0.1) is 0 Å². The largest absolute Gasteiger partial charge is 0.356 e. The Bertz CT molecular complexity index is 547. The van der Waals surface area contributed by atoms with E-state index in [1.165, 1.54) is 12.8 Å². The van der Waals surface area contributed by atoms with Crippen molar-refractivity contribution in [1.82, 2.24) is 9.97 Å². The molecule has 0 unspecified atom stereocenters. The van der Waals surface area contributed by atoms with Crippen LogP contribution in [0.1, 0.15) is 18.5 Å². The van der Waals surface area contributed by atoms with Gasteiger partial charge in [0.1, 0.15) is 5.82 Å². The zero-order valence-electron chi connectivity index (χ0n) is 11.1. The molecule has 98 valence electrons. The zero-order chi connectivity index (χ0) is 13.1. The van der Waals surface area contributed by atoms with E-state index in [0.29, 0.717) is 5.95 Å². The van der Waals surface area contributed by atoms with Crippen LogP contribution in [0.3, 0.4) is 0 Å². The molecule has 1 aromatic carbocycles. The lowest BCUT2D eigenvalue weighted by atomic mass is 10.3. The monoisotopic (exact) mass is 254 g/mol. The molecule has 1 aliphatic rings. The maximum atomic E-state index is 4.61. The molecular formula is C15H18N4. The second kappa shape index (κ2) is 5.26. The summed E-state index contributed by atoms with van der Waals surface area (Å²) in [5, 5.41) is 3.26. The van der Waals surface area contributed by atoms with E-state index in [1.54, 1.807) is 0 Å².